The fraction of sp³-hybridized carbons (Fsp3) is 0.294. The number of benzene rings is 1. The van der Waals surface area contributed by atoms with E-state index < -0.39 is 5.69 Å². The van der Waals surface area contributed by atoms with Gasteiger partial charge in [-0.05, 0) is 25.3 Å². The summed E-state index contributed by atoms with van der Waals surface area (Å²) in [5, 5.41) is 3.54. The number of nitrogens with zero attached hydrogens (tertiary/aromatic N) is 3. The van der Waals surface area contributed by atoms with Crippen molar-refractivity contribution in [1.82, 2.24) is 19.9 Å². The number of aromatic nitrogens is 3. The molecule has 6 nitrogen and oxygen atoms in total. The highest BCUT2D eigenvalue weighted by molar-refractivity contribution is 7.09. The molecule has 1 aromatic carbocycles. The van der Waals surface area contributed by atoms with Crippen LogP contribution in [0.2, 0.25) is 0 Å². The number of carbonyl (C=O) groups is 1. The average Bonchev–Trinajstić information content (AvgIpc) is 3.15. The van der Waals surface area contributed by atoms with Gasteiger partial charge in [-0.25, -0.2) is 9.78 Å². The van der Waals surface area contributed by atoms with Crippen molar-refractivity contribution in [2.45, 2.75) is 25.3 Å². The van der Waals surface area contributed by atoms with Crippen LogP contribution in [0.25, 0.3) is 10.9 Å². The van der Waals surface area contributed by atoms with Crippen LogP contribution in [0.15, 0.2) is 40.6 Å². The molecule has 0 aliphatic carbocycles. The maximum Gasteiger partial charge on any atom is 0.346 e. The highest BCUT2D eigenvalue weighted by Gasteiger charge is 2.31. The number of piperidine rings is 1. The molecule has 1 fully saturated rings. The van der Waals surface area contributed by atoms with Crippen LogP contribution in [0.1, 0.15) is 40.8 Å². The summed E-state index contributed by atoms with van der Waals surface area (Å²) in [5.74, 6) is -0.197. The highest BCUT2D eigenvalue weighted by Crippen LogP contribution is 2.33. The normalized spacial score (nSPS) is 18.0. The molecule has 0 radical (unpaired) electrons. The molecule has 1 aliphatic heterocycles. The Bertz CT molecular complexity index is 935. The summed E-state index contributed by atoms with van der Waals surface area (Å²) >= 11 is 1.56. The van der Waals surface area contributed by atoms with E-state index in [9.17, 15) is 9.59 Å². The number of amides is 1. The SMILES string of the molecule is O=C(c1nc(=O)[nH]c2ccccc12)N1CCCC[C@H]1c1nccs1. The highest BCUT2D eigenvalue weighted by atomic mass is 32.1. The standard InChI is InChI=1S/C17H16N4O2S/c22-16(14-11-5-1-2-6-12(11)19-17(23)20-14)21-9-4-3-7-13(21)15-18-8-10-24-15/h1-2,5-6,8,10,13H,3-4,7,9H2,(H,19,20,23)/t13-/m0/s1. The number of fused-ring (bicyclic) bond motifs is 1. The predicted molar refractivity (Wildman–Crippen MR) is 92.1 cm³/mol. The van der Waals surface area contributed by atoms with Crippen LogP contribution in [-0.4, -0.2) is 32.3 Å². The van der Waals surface area contributed by atoms with Crippen LogP contribution in [0.3, 0.4) is 0 Å². The van der Waals surface area contributed by atoms with Crippen molar-refractivity contribution in [2.24, 2.45) is 0 Å². The zero-order valence-corrected chi connectivity index (χ0v) is 13.8. The molecular formula is C17H16N4O2S. The lowest BCUT2D eigenvalue weighted by Gasteiger charge is -2.34. The Labute approximate surface area is 142 Å². The summed E-state index contributed by atoms with van der Waals surface area (Å²) in [6.07, 6.45) is 4.67. The van der Waals surface area contributed by atoms with E-state index in [0.717, 1.165) is 24.3 Å². The molecule has 7 heteroatoms. The molecule has 2 aromatic heterocycles. The lowest BCUT2D eigenvalue weighted by molar-refractivity contribution is 0.0607. The van der Waals surface area contributed by atoms with E-state index in [0.29, 0.717) is 17.4 Å². The number of carbonyl (C=O) groups excluding carboxylic acids is 1. The van der Waals surface area contributed by atoms with E-state index in [1.165, 1.54) is 0 Å². The molecule has 0 spiro atoms. The molecule has 4 rings (SSSR count). The number of aromatic amines is 1. The number of H-pyrrole nitrogens is 1. The van der Waals surface area contributed by atoms with Crippen molar-refractivity contribution >= 4 is 28.1 Å². The van der Waals surface area contributed by atoms with Gasteiger partial charge < -0.3 is 9.88 Å². The molecule has 1 amide bonds. The van der Waals surface area contributed by atoms with Gasteiger partial charge in [0, 0.05) is 23.5 Å². The second-order valence-electron chi connectivity index (χ2n) is 5.82. The van der Waals surface area contributed by atoms with Crippen molar-refractivity contribution in [3.63, 3.8) is 0 Å². The first-order valence-electron chi connectivity index (χ1n) is 7.93. The molecule has 0 bridgehead atoms. The minimum Gasteiger partial charge on any atom is -0.328 e. The maximum atomic E-state index is 13.2. The molecule has 1 N–H and O–H groups in total. The minimum atomic E-state index is -0.500. The number of para-hydroxylation sites is 1. The van der Waals surface area contributed by atoms with Gasteiger partial charge in [0.25, 0.3) is 5.91 Å². The molecule has 122 valence electrons. The van der Waals surface area contributed by atoms with Crippen LogP contribution in [0.4, 0.5) is 0 Å². The Hall–Kier alpha value is -2.54. The Morgan fingerprint density at radius 1 is 1.29 bits per heavy atom. The van der Waals surface area contributed by atoms with E-state index in [4.69, 9.17) is 0 Å². The van der Waals surface area contributed by atoms with Gasteiger partial charge in [0.05, 0.1) is 11.6 Å². The zero-order valence-electron chi connectivity index (χ0n) is 12.9. The maximum absolute atomic E-state index is 13.2. The van der Waals surface area contributed by atoms with Gasteiger partial charge in [-0.15, -0.1) is 11.3 Å². The number of likely N-dealkylation sites (tertiary alicyclic amines) is 1. The Morgan fingerprint density at radius 2 is 2.17 bits per heavy atom. The second-order valence-corrected chi connectivity index (χ2v) is 6.74. The van der Waals surface area contributed by atoms with Crippen molar-refractivity contribution in [3.8, 4) is 0 Å². The van der Waals surface area contributed by atoms with Gasteiger partial charge >= 0.3 is 5.69 Å². The van der Waals surface area contributed by atoms with Crippen LogP contribution in [0, 0.1) is 0 Å². The van der Waals surface area contributed by atoms with E-state index in [1.807, 2.05) is 28.5 Å². The van der Waals surface area contributed by atoms with Gasteiger partial charge in [0.2, 0.25) is 0 Å². The third kappa shape index (κ3) is 2.60. The molecule has 24 heavy (non-hydrogen) atoms. The molecule has 1 atom stereocenters. The fourth-order valence-electron chi connectivity index (χ4n) is 3.23. The van der Waals surface area contributed by atoms with Crippen molar-refractivity contribution in [1.29, 1.82) is 0 Å². The first-order valence-corrected chi connectivity index (χ1v) is 8.81. The molecular weight excluding hydrogens is 324 g/mol. The summed E-state index contributed by atoms with van der Waals surface area (Å²) in [4.78, 5) is 37.9. The third-order valence-electron chi connectivity index (χ3n) is 4.34. The smallest absolute Gasteiger partial charge is 0.328 e. The Balaban J connectivity index is 1.79. The number of nitrogens with one attached hydrogen (secondary N) is 1. The second kappa shape index (κ2) is 6.16. The summed E-state index contributed by atoms with van der Waals surface area (Å²) < 4.78 is 0. The van der Waals surface area contributed by atoms with E-state index in [2.05, 4.69) is 15.0 Å². The van der Waals surface area contributed by atoms with Crippen molar-refractivity contribution in [3.05, 3.63) is 57.0 Å². The predicted octanol–water partition coefficient (Wildman–Crippen LogP) is 2.75. The lowest BCUT2D eigenvalue weighted by Crippen LogP contribution is -2.39. The van der Waals surface area contributed by atoms with Gasteiger partial charge in [-0.3, -0.25) is 4.79 Å². The minimum absolute atomic E-state index is 0.0360. The first-order chi connectivity index (χ1) is 11.7. The van der Waals surface area contributed by atoms with E-state index in [1.54, 1.807) is 23.6 Å². The van der Waals surface area contributed by atoms with Gasteiger partial charge in [0.15, 0.2) is 0 Å². The summed E-state index contributed by atoms with van der Waals surface area (Å²) in [7, 11) is 0. The molecule has 0 saturated carbocycles. The molecule has 3 heterocycles. The Morgan fingerprint density at radius 3 is 3.00 bits per heavy atom. The lowest BCUT2D eigenvalue weighted by atomic mass is 10.0. The largest absolute Gasteiger partial charge is 0.346 e. The topological polar surface area (TPSA) is 79.0 Å². The van der Waals surface area contributed by atoms with Crippen LogP contribution in [0.5, 0.6) is 0 Å². The van der Waals surface area contributed by atoms with Crippen LogP contribution in [-0.2, 0) is 0 Å². The average molecular weight is 340 g/mol. The van der Waals surface area contributed by atoms with Gasteiger partial charge in [-0.1, -0.05) is 18.2 Å². The molecule has 1 aliphatic rings. The number of hydrogen-bond acceptors (Lipinski definition) is 5. The monoisotopic (exact) mass is 340 g/mol. The number of hydrogen-bond donors (Lipinski definition) is 1. The van der Waals surface area contributed by atoms with Crippen LogP contribution >= 0.6 is 11.3 Å². The van der Waals surface area contributed by atoms with Crippen molar-refractivity contribution < 1.29 is 4.79 Å². The quantitative estimate of drug-likeness (QED) is 0.778. The van der Waals surface area contributed by atoms with Crippen LogP contribution < -0.4 is 5.69 Å². The van der Waals surface area contributed by atoms with Gasteiger partial charge in [0.1, 0.15) is 10.7 Å². The first kappa shape index (κ1) is 15.0. The Kier molecular flexibility index (Phi) is 3.86. The third-order valence-corrected chi connectivity index (χ3v) is 5.22. The van der Waals surface area contributed by atoms with E-state index >= 15 is 0 Å². The number of rotatable bonds is 2. The van der Waals surface area contributed by atoms with E-state index in [-0.39, 0.29) is 17.6 Å². The van der Waals surface area contributed by atoms with Gasteiger partial charge in [-0.2, -0.15) is 4.98 Å². The summed E-state index contributed by atoms with van der Waals surface area (Å²) in [5.41, 5.74) is 0.348. The summed E-state index contributed by atoms with van der Waals surface area (Å²) in [6.45, 7) is 0.659. The number of thiazole rings is 1. The molecule has 1 saturated heterocycles. The summed E-state index contributed by atoms with van der Waals surface area (Å²) in [6, 6.07) is 7.22. The zero-order chi connectivity index (χ0) is 16.5. The molecule has 3 aromatic rings. The van der Waals surface area contributed by atoms with Crippen molar-refractivity contribution in [2.75, 3.05) is 6.54 Å². The fourth-order valence-corrected chi connectivity index (χ4v) is 4.02. The molecule has 0 unspecified atom stereocenters.